The molecule has 0 saturated carbocycles. The van der Waals surface area contributed by atoms with Gasteiger partial charge in [0.05, 0.1) is 5.69 Å². The van der Waals surface area contributed by atoms with Gasteiger partial charge in [0.2, 0.25) is 4.34 Å². The number of aromatic nitrogens is 3. The summed E-state index contributed by atoms with van der Waals surface area (Å²) in [5.74, 6) is 0. The van der Waals surface area contributed by atoms with Crippen molar-refractivity contribution in [2.24, 2.45) is 0 Å². The maximum Gasteiger partial charge on any atom is 0.289 e. The van der Waals surface area contributed by atoms with Crippen molar-refractivity contribution in [3.63, 3.8) is 0 Å². The molecule has 0 atom stereocenters. The normalized spacial score (nSPS) is 11.8. The van der Waals surface area contributed by atoms with E-state index in [1.54, 1.807) is 23.6 Å². The first-order valence-corrected chi connectivity index (χ1v) is 7.87. The van der Waals surface area contributed by atoms with E-state index in [0.717, 1.165) is 11.3 Å². The molecule has 0 aliphatic heterocycles. The second-order valence-corrected chi connectivity index (χ2v) is 6.77. The zero-order chi connectivity index (χ0) is 13.5. The van der Waals surface area contributed by atoms with Crippen LogP contribution in [0, 0.1) is 0 Å². The molecular weight excluding hydrogens is 308 g/mol. The van der Waals surface area contributed by atoms with E-state index in [0.29, 0.717) is 21.7 Å². The van der Waals surface area contributed by atoms with Crippen LogP contribution in [-0.2, 0) is 10.0 Å². The molecule has 9 heteroatoms. The van der Waals surface area contributed by atoms with Gasteiger partial charge in [0.1, 0.15) is 10.7 Å². The minimum Gasteiger partial charge on any atom is -0.275 e. The molecular formula is C10H7ClN4O2S2. The third-order valence-corrected chi connectivity index (χ3v) is 5.28. The Morgan fingerprint density at radius 2 is 2.21 bits per heavy atom. The molecule has 19 heavy (non-hydrogen) atoms. The van der Waals surface area contributed by atoms with Crippen molar-refractivity contribution in [2.75, 3.05) is 4.72 Å². The number of hydrogen-bond acceptors (Lipinski definition) is 5. The summed E-state index contributed by atoms with van der Waals surface area (Å²) in [7, 11) is -3.69. The van der Waals surface area contributed by atoms with Gasteiger partial charge in [0.25, 0.3) is 10.0 Å². The van der Waals surface area contributed by atoms with Crippen molar-refractivity contribution < 1.29 is 8.42 Å². The molecule has 0 amide bonds. The monoisotopic (exact) mass is 314 g/mol. The molecule has 0 unspecified atom stereocenters. The summed E-state index contributed by atoms with van der Waals surface area (Å²) in [5.41, 5.74) is 0.823. The minimum atomic E-state index is -3.69. The molecule has 3 rings (SSSR count). The highest BCUT2D eigenvalue weighted by Crippen LogP contribution is 2.28. The molecule has 2 N–H and O–H groups in total. The van der Waals surface area contributed by atoms with Gasteiger partial charge in [-0.3, -0.25) is 9.82 Å². The SMILES string of the molecule is O=S(=O)(Nc1cccc2c(Cl)[nH]nc12)c1nccs1. The van der Waals surface area contributed by atoms with Crippen molar-refractivity contribution in [2.45, 2.75) is 4.34 Å². The Balaban J connectivity index is 2.07. The Kier molecular flexibility index (Phi) is 2.92. The van der Waals surface area contributed by atoms with Crippen molar-refractivity contribution >= 4 is 49.6 Å². The van der Waals surface area contributed by atoms with Gasteiger partial charge in [-0.25, -0.2) is 4.98 Å². The Bertz CT molecular complexity index is 826. The van der Waals surface area contributed by atoms with Crippen LogP contribution in [0.1, 0.15) is 0 Å². The Labute approximate surface area is 117 Å². The Morgan fingerprint density at radius 1 is 1.37 bits per heavy atom. The van der Waals surface area contributed by atoms with Crippen LogP contribution in [0.25, 0.3) is 10.9 Å². The third kappa shape index (κ3) is 2.18. The van der Waals surface area contributed by atoms with Crippen LogP contribution in [-0.4, -0.2) is 23.6 Å². The fraction of sp³-hybridized carbons (Fsp3) is 0. The standard InChI is InChI=1S/C10H7ClN4O2S2/c11-9-6-2-1-3-7(8(6)13-14-9)15-19(16,17)10-12-4-5-18-10/h1-5,15H,(H,13,14). The summed E-state index contributed by atoms with van der Waals surface area (Å²) in [6, 6.07) is 5.07. The highest BCUT2D eigenvalue weighted by Gasteiger charge is 2.19. The van der Waals surface area contributed by atoms with Crippen LogP contribution in [0.4, 0.5) is 5.69 Å². The molecule has 6 nitrogen and oxygen atoms in total. The molecule has 1 aromatic carbocycles. The average Bonchev–Trinajstić information content (AvgIpc) is 3.00. The van der Waals surface area contributed by atoms with E-state index in [4.69, 9.17) is 11.6 Å². The van der Waals surface area contributed by atoms with Gasteiger partial charge in [0.15, 0.2) is 0 Å². The van der Waals surface area contributed by atoms with Gasteiger partial charge in [0, 0.05) is 17.0 Å². The molecule has 0 aliphatic rings. The quantitative estimate of drug-likeness (QED) is 0.777. The Morgan fingerprint density at radius 3 is 2.95 bits per heavy atom. The summed E-state index contributed by atoms with van der Waals surface area (Å²) in [4.78, 5) is 3.78. The van der Waals surface area contributed by atoms with Gasteiger partial charge < -0.3 is 0 Å². The summed E-state index contributed by atoms with van der Waals surface area (Å²) in [6.45, 7) is 0. The van der Waals surface area contributed by atoms with Crippen LogP contribution >= 0.6 is 22.9 Å². The number of nitrogens with zero attached hydrogens (tertiary/aromatic N) is 2. The topological polar surface area (TPSA) is 87.7 Å². The number of para-hydroxylation sites is 1. The van der Waals surface area contributed by atoms with Crippen molar-refractivity contribution in [1.29, 1.82) is 0 Å². The van der Waals surface area contributed by atoms with Crippen LogP contribution < -0.4 is 4.72 Å². The number of benzene rings is 1. The van der Waals surface area contributed by atoms with E-state index < -0.39 is 10.0 Å². The molecule has 98 valence electrons. The molecule has 0 bridgehead atoms. The number of nitrogens with one attached hydrogen (secondary N) is 2. The van der Waals surface area contributed by atoms with Gasteiger partial charge in [-0.2, -0.15) is 13.5 Å². The number of fused-ring (bicyclic) bond motifs is 1. The number of anilines is 1. The second kappa shape index (κ2) is 4.48. The molecule has 0 fully saturated rings. The zero-order valence-electron chi connectivity index (χ0n) is 9.29. The first-order chi connectivity index (χ1) is 9.08. The van der Waals surface area contributed by atoms with E-state index in [1.807, 2.05) is 0 Å². The number of rotatable bonds is 3. The summed E-state index contributed by atoms with van der Waals surface area (Å²) < 4.78 is 26.6. The lowest BCUT2D eigenvalue weighted by molar-refractivity contribution is 0.600. The maximum atomic E-state index is 12.1. The molecule has 0 spiro atoms. The lowest BCUT2D eigenvalue weighted by Crippen LogP contribution is -2.12. The number of sulfonamides is 1. The number of H-pyrrole nitrogens is 1. The van der Waals surface area contributed by atoms with E-state index >= 15 is 0 Å². The van der Waals surface area contributed by atoms with Gasteiger partial charge >= 0.3 is 0 Å². The van der Waals surface area contributed by atoms with Crippen LogP contribution in [0.2, 0.25) is 5.15 Å². The first kappa shape index (κ1) is 12.4. The Hall–Kier alpha value is -1.64. The highest BCUT2D eigenvalue weighted by molar-refractivity contribution is 7.94. The molecule has 3 aromatic rings. The summed E-state index contributed by atoms with van der Waals surface area (Å²) >= 11 is 6.95. The fourth-order valence-corrected chi connectivity index (χ4v) is 3.71. The minimum absolute atomic E-state index is 0.00568. The number of thiazole rings is 1. The largest absolute Gasteiger partial charge is 0.289 e. The molecule has 0 saturated heterocycles. The van der Waals surface area contributed by atoms with Gasteiger partial charge in [-0.1, -0.05) is 17.7 Å². The number of hydrogen-bond donors (Lipinski definition) is 2. The fourth-order valence-electron chi connectivity index (χ4n) is 1.62. The van der Waals surface area contributed by atoms with Crippen molar-refractivity contribution in [3.8, 4) is 0 Å². The number of aromatic amines is 1. The van der Waals surface area contributed by atoms with E-state index in [-0.39, 0.29) is 4.34 Å². The van der Waals surface area contributed by atoms with Crippen molar-refractivity contribution in [3.05, 3.63) is 34.9 Å². The third-order valence-electron chi connectivity index (χ3n) is 2.42. The lowest BCUT2D eigenvalue weighted by Gasteiger charge is -2.05. The molecule has 2 aromatic heterocycles. The number of halogens is 1. The second-order valence-electron chi connectivity index (χ2n) is 3.64. The highest BCUT2D eigenvalue weighted by atomic mass is 35.5. The first-order valence-electron chi connectivity index (χ1n) is 5.13. The summed E-state index contributed by atoms with van der Waals surface area (Å²) in [5, 5.41) is 9.21. The average molecular weight is 315 g/mol. The lowest BCUT2D eigenvalue weighted by atomic mass is 10.2. The van der Waals surface area contributed by atoms with Gasteiger partial charge in [-0.15, -0.1) is 11.3 Å². The predicted octanol–water partition coefficient (Wildman–Crippen LogP) is 2.47. The van der Waals surface area contributed by atoms with Crippen LogP contribution in [0.15, 0.2) is 34.1 Å². The summed E-state index contributed by atoms with van der Waals surface area (Å²) in [6.07, 6.45) is 1.44. The smallest absolute Gasteiger partial charge is 0.275 e. The van der Waals surface area contributed by atoms with Crippen LogP contribution in [0.5, 0.6) is 0 Å². The van der Waals surface area contributed by atoms with E-state index in [9.17, 15) is 8.42 Å². The molecule has 0 radical (unpaired) electrons. The predicted molar refractivity (Wildman–Crippen MR) is 74.0 cm³/mol. The molecule has 0 aliphatic carbocycles. The molecule has 2 heterocycles. The van der Waals surface area contributed by atoms with E-state index in [1.165, 1.54) is 6.20 Å². The van der Waals surface area contributed by atoms with Crippen LogP contribution in [0.3, 0.4) is 0 Å². The maximum absolute atomic E-state index is 12.1. The van der Waals surface area contributed by atoms with Crippen molar-refractivity contribution in [1.82, 2.24) is 15.2 Å². The zero-order valence-corrected chi connectivity index (χ0v) is 11.7. The van der Waals surface area contributed by atoms with Gasteiger partial charge in [-0.05, 0) is 12.1 Å². The van der Waals surface area contributed by atoms with E-state index in [2.05, 4.69) is 19.9 Å².